The summed E-state index contributed by atoms with van der Waals surface area (Å²) in [4.78, 5) is 1.21. The predicted octanol–water partition coefficient (Wildman–Crippen LogP) is 9.24. The molecule has 4 unspecified atom stereocenters. The molecule has 8 aromatic rings. The lowest BCUT2D eigenvalue weighted by Gasteiger charge is -2.22. The van der Waals surface area contributed by atoms with Gasteiger partial charge in [0.05, 0.1) is 12.0 Å². The monoisotopic (exact) mass is 1060 g/mol. The molecule has 394 valence electrons. The molecule has 18 heteroatoms. The fraction of sp³-hybridized carbons (Fsp3) is 0.158. The molecule has 0 aliphatic carbocycles. The first-order valence-corrected chi connectivity index (χ1v) is 26.0. The van der Waals surface area contributed by atoms with E-state index in [0.29, 0.717) is 22.3 Å². The third-order valence-corrected chi connectivity index (χ3v) is 13.3. The van der Waals surface area contributed by atoms with Crippen molar-refractivity contribution < 1.29 is 71.5 Å². The molecule has 0 aliphatic heterocycles. The Morgan fingerprint density at radius 3 is 1.13 bits per heavy atom. The predicted molar refractivity (Wildman–Crippen MR) is 284 cm³/mol. The van der Waals surface area contributed by atoms with Crippen LogP contribution in [0.1, 0.15) is 82.8 Å². The largest absolute Gasteiger partial charge is 0.508 e. The first kappa shape index (κ1) is 58.1. The van der Waals surface area contributed by atoms with Gasteiger partial charge in [-0.1, -0.05) is 152 Å². The number of aromatic hydroxyl groups is 4. The summed E-state index contributed by atoms with van der Waals surface area (Å²) in [6, 6.07) is 53.2. The first-order valence-electron chi connectivity index (χ1n) is 23.2. The van der Waals surface area contributed by atoms with Crippen LogP contribution in [0, 0.1) is 0 Å². The Labute approximate surface area is 436 Å². The molecule has 4 atom stereocenters. The van der Waals surface area contributed by atoms with Crippen LogP contribution >= 0.6 is 0 Å². The van der Waals surface area contributed by atoms with E-state index in [1.165, 1.54) is 13.2 Å². The highest BCUT2D eigenvalue weighted by molar-refractivity contribution is 7.86. The first-order chi connectivity index (χ1) is 35.7. The highest BCUT2D eigenvalue weighted by Gasteiger charge is 2.24. The van der Waals surface area contributed by atoms with Gasteiger partial charge in [0.1, 0.15) is 58.1 Å². The van der Waals surface area contributed by atoms with Crippen molar-refractivity contribution in [3.63, 3.8) is 0 Å². The van der Waals surface area contributed by atoms with Crippen molar-refractivity contribution in [1.29, 1.82) is 0 Å². The van der Waals surface area contributed by atoms with Crippen LogP contribution in [0.2, 0.25) is 0 Å². The number of benzene rings is 8. The molecule has 0 amide bonds. The van der Waals surface area contributed by atoms with E-state index < -0.39 is 60.2 Å². The zero-order valence-corrected chi connectivity index (χ0v) is 42.6. The van der Waals surface area contributed by atoms with Crippen molar-refractivity contribution >= 4 is 25.9 Å². The SMILES string of the molecule is CCN(CC)c1ccc(C(O)c2ccccc2)c(O)c1.COc1cc(O)c(C(O)c2ccccc2)cc1S(=O)(=O)O.O=S(=O)(O)c1ccc(C(O)c2ccccc2)c(O)c1.Oc1ccccc1C(O)c1ccccc1. The van der Waals surface area contributed by atoms with Crippen molar-refractivity contribution in [2.24, 2.45) is 0 Å². The minimum Gasteiger partial charge on any atom is -0.508 e. The lowest BCUT2D eigenvalue weighted by molar-refractivity contribution is 0.214. The van der Waals surface area contributed by atoms with E-state index >= 15 is 0 Å². The van der Waals surface area contributed by atoms with Gasteiger partial charge in [0.25, 0.3) is 20.2 Å². The van der Waals surface area contributed by atoms with Crippen LogP contribution in [0.5, 0.6) is 28.7 Å². The molecule has 75 heavy (non-hydrogen) atoms. The molecule has 0 radical (unpaired) electrons. The molecule has 10 N–H and O–H groups in total. The number of aliphatic hydroxyl groups is 4. The van der Waals surface area contributed by atoms with Crippen LogP contribution in [0.4, 0.5) is 5.69 Å². The van der Waals surface area contributed by atoms with E-state index in [4.69, 9.17) is 9.29 Å². The number of rotatable bonds is 14. The van der Waals surface area contributed by atoms with Gasteiger partial charge in [-0.05, 0) is 60.4 Å². The lowest BCUT2D eigenvalue weighted by Crippen LogP contribution is -2.21. The standard InChI is InChI=1S/C17H21NO2.C14H14O6S.C13H12O5S.C13H12O2/c1-3-18(4-2)14-10-11-15(16(19)12-14)17(20)13-8-6-5-7-9-13;1-20-12-8-11(15)10(7-13(12)21(17,18)19)14(16)9-5-3-2-4-6-9;14-12-8-10(19(16,17)18)6-7-11(12)13(15)9-4-2-1-3-5-9;14-12-9-5-4-8-11(12)13(15)10-6-2-1-3-7-10/h5-12,17,19-20H,3-4H2,1-2H3;2-8,14-16H,1H3,(H,17,18,19);1-8,13-15H,(H,16,17,18);1-9,13-15H. The van der Waals surface area contributed by atoms with E-state index in [1.807, 2.05) is 66.7 Å². The number of hydrogen-bond donors (Lipinski definition) is 10. The molecule has 0 saturated heterocycles. The fourth-order valence-electron chi connectivity index (χ4n) is 7.59. The Kier molecular flexibility index (Phi) is 20.9. The minimum atomic E-state index is -4.55. The molecule has 0 aromatic heterocycles. The normalized spacial score (nSPS) is 12.7. The maximum absolute atomic E-state index is 11.3. The quantitative estimate of drug-likeness (QED) is 0.0454. The number of phenolic OH excluding ortho intramolecular Hbond substituents is 4. The van der Waals surface area contributed by atoms with Gasteiger partial charge in [-0.2, -0.15) is 16.8 Å². The van der Waals surface area contributed by atoms with Crippen LogP contribution in [0.15, 0.2) is 204 Å². The molecule has 0 bridgehead atoms. The van der Waals surface area contributed by atoms with Crippen LogP contribution < -0.4 is 9.64 Å². The van der Waals surface area contributed by atoms with Crippen molar-refractivity contribution in [3.8, 4) is 28.7 Å². The van der Waals surface area contributed by atoms with Gasteiger partial charge in [-0.25, -0.2) is 0 Å². The third kappa shape index (κ3) is 15.9. The number of anilines is 1. The average Bonchev–Trinajstić information content (AvgIpc) is 3.41. The molecule has 0 fully saturated rings. The van der Waals surface area contributed by atoms with Gasteiger partial charge in [-0.3, -0.25) is 9.11 Å². The Morgan fingerprint density at radius 1 is 0.413 bits per heavy atom. The van der Waals surface area contributed by atoms with E-state index in [2.05, 4.69) is 18.7 Å². The summed E-state index contributed by atoms with van der Waals surface area (Å²) in [5.74, 6) is -0.694. The Hall–Kier alpha value is -7.78. The highest BCUT2D eigenvalue weighted by atomic mass is 32.2. The summed E-state index contributed by atoms with van der Waals surface area (Å²) in [6.07, 6.45) is -3.89. The molecule has 0 spiro atoms. The Bertz CT molecular complexity index is 3290. The lowest BCUT2D eigenvalue weighted by atomic mass is 10.0. The molecule has 0 saturated carbocycles. The second-order valence-corrected chi connectivity index (χ2v) is 19.3. The van der Waals surface area contributed by atoms with Gasteiger partial charge in [0.2, 0.25) is 0 Å². The number of methoxy groups -OCH3 is 1. The Morgan fingerprint density at radius 2 is 0.773 bits per heavy atom. The zero-order chi connectivity index (χ0) is 54.9. The second-order valence-electron chi connectivity index (χ2n) is 16.5. The molecule has 0 aliphatic rings. The number of nitrogens with zero attached hydrogens (tertiary/aromatic N) is 1. The van der Waals surface area contributed by atoms with Crippen molar-refractivity contribution in [2.45, 2.75) is 48.1 Å². The molecule has 8 rings (SSSR count). The van der Waals surface area contributed by atoms with Gasteiger partial charge in [0, 0.05) is 59.2 Å². The smallest absolute Gasteiger partial charge is 0.298 e. The summed E-state index contributed by atoms with van der Waals surface area (Å²) >= 11 is 0. The Balaban J connectivity index is 0.000000186. The number of ether oxygens (including phenoxy) is 1. The molecule has 16 nitrogen and oxygen atoms in total. The summed E-state index contributed by atoms with van der Waals surface area (Å²) in [6.45, 7) is 5.92. The number of phenols is 4. The van der Waals surface area contributed by atoms with Crippen molar-refractivity contribution in [3.05, 3.63) is 239 Å². The maximum Gasteiger partial charge on any atom is 0.298 e. The fourth-order valence-corrected chi connectivity index (χ4v) is 8.76. The molecule has 0 heterocycles. The summed E-state index contributed by atoms with van der Waals surface area (Å²) in [7, 11) is -7.72. The van der Waals surface area contributed by atoms with E-state index in [9.17, 15) is 62.2 Å². The van der Waals surface area contributed by atoms with E-state index in [1.54, 1.807) is 97.1 Å². The van der Waals surface area contributed by atoms with E-state index in [0.717, 1.165) is 54.2 Å². The van der Waals surface area contributed by atoms with E-state index in [-0.39, 0.29) is 34.1 Å². The molecular formula is C57H59NO15S2. The number of hydrogen-bond acceptors (Lipinski definition) is 14. The maximum atomic E-state index is 11.3. The summed E-state index contributed by atoms with van der Waals surface area (Å²) in [5.41, 5.74) is 4.74. The highest BCUT2D eigenvalue weighted by Crippen LogP contribution is 2.38. The van der Waals surface area contributed by atoms with Crippen LogP contribution in [0.25, 0.3) is 0 Å². The van der Waals surface area contributed by atoms with Gasteiger partial charge in [0.15, 0.2) is 0 Å². The second kappa shape index (κ2) is 27.0. The molecule has 8 aromatic carbocycles. The molecular weight excluding hydrogens is 1000 g/mol. The van der Waals surface area contributed by atoms with Gasteiger partial charge < -0.3 is 50.5 Å². The number of para-hydroxylation sites is 1. The topological polar surface area (TPSA) is 283 Å². The summed E-state index contributed by atoms with van der Waals surface area (Å²) < 4.78 is 67.4. The third-order valence-electron chi connectivity index (χ3n) is 11.6. The van der Waals surface area contributed by atoms with Crippen LogP contribution in [0.3, 0.4) is 0 Å². The van der Waals surface area contributed by atoms with Crippen molar-refractivity contribution in [1.82, 2.24) is 0 Å². The van der Waals surface area contributed by atoms with Gasteiger partial charge in [-0.15, -0.1) is 0 Å². The number of aliphatic hydroxyl groups excluding tert-OH is 4. The van der Waals surface area contributed by atoms with Crippen LogP contribution in [-0.4, -0.2) is 87.0 Å². The average molecular weight is 1060 g/mol. The summed E-state index contributed by atoms with van der Waals surface area (Å²) in [5, 5.41) is 80.1. The van der Waals surface area contributed by atoms with Gasteiger partial charge >= 0.3 is 0 Å². The van der Waals surface area contributed by atoms with Crippen molar-refractivity contribution in [2.75, 3.05) is 25.1 Å². The van der Waals surface area contributed by atoms with Crippen LogP contribution in [-0.2, 0) is 20.2 Å². The zero-order valence-electron chi connectivity index (χ0n) is 41.0. The minimum absolute atomic E-state index is 0.0466.